The molecule has 0 unspecified atom stereocenters. The van der Waals surface area contributed by atoms with Crippen LogP contribution in [0.2, 0.25) is 0 Å². The Labute approximate surface area is 179 Å². The number of hydrogen-bond donors (Lipinski definition) is 0. The van der Waals surface area contributed by atoms with Gasteiger partial charge in [0.15, 0.2) is 0 Å². The van der Waals surface area contributed by atoms with E-state index in [1.54, 1.807) is 0 Å². The van der Waals surface area contributed by atoms with E-state index in [0.717, 1.165) is 0 Å². The van der Waals surface area contributed by atoms with Crippen LogP contribution in [-0.2, 0) is 17.1 Å². The summed E-state index contributed by atoms with van der Waals surface area (Å²) in [6.45, 7) is 0. The third-order valence-electron chi connectivity index (χ3n) is 0. The summed E-state index contributed by atoms with van der Waals surface area (Å²) < 4.78 is 0. The molecule has 0 aliphatic carbocycles. The number of hydrogen-bond acceptors (Lipinski definition) is 0. The topological polar surface area (TPSA) is 0 Å². The van der Waals surface area contributed by atoms with E-state index < -0.39 is 0 Å². The normalized spacial score (nSPS) is 0. The van der Waals surface area contributed by atoms with Gasteiger partial charge in [-0.25, -0.2) is 0 Å². The van der Waals surface area contributed by atoms with Crippen molar-refractivity contribution in [2.45, 2.75) is 0 Å². The summed E-state index contributed by atoms with van der Waals surface area (Å²) >= 11 is 0. The van der Waals surface area contributed by atoms with E-state index in [2.05, 4.69) is 0 Å². The Balaban J connectivity index is 0. The van der Waals surface area contributed by atoms with Gasteiger partial charge in [-0.1, -0.05) is 0 Å². The van der Waals surface area contributed by atoms with Gasteiger partial charge in [-0.3, -0.25) is 0 Å². The molecule has 0 rings (SSSR count). The van der Waals surface area contributed by atoms with Gasteiger partial charge in [0.2, 0.25) is 0 Å². The molecule has 0 aliphatic heterocycles. The summed E-state index contributed by atoms with van der Waals surface area (Å²) in [5.74, 6) is 0. The van der Waals surface area contributed by atoms with E-state index in [-0.39, 0.29) is 185 Å². The van der Waals surface area contributed by atoms with Crippen LogP contribution in [0.25, 0.3) is 0 Å². The van der Waals surface area contributed by atoms with Crippen molar-refractivity contribution in [1.29, 1.82) is 0 Å². The van der Waals surface area contributed by atoms with Crippen LogP contribution in [0, 0.1) is 0 Å². The molecule has 0 amide bonds. The van der Waals surface area contributed by atoms with E-state index in [9.17, 15) is 0 Å². The summed E-state index contributed by atoms with van der Waals surface area (Å²) in [5, 5.41) is 0. The van der Waals surface area contributed by atoms with Crippen LogP contribution >= 0.6 is 0 Å². The Morgan fingerprint density at radius 2 is 0.500 bits per heavy atom. The minimum absolute atomic E-state index is 0. The molecule has 0 atom stereocenters. The second-order valence-electron chi connectivity index (χ2n) is 0. The van der Waals surface area contributed by atoms with Gasteiger partial charge in [-0.05, 0) is 0 Å². The quantitative estimate of drug-likeness (QED) is 0.436. The van der Waals surface area contributed by atoms with Crippen molar-refractivity contribution in [3.8, 4) is 0 Å². The Bertz CT molecular complexity index is 7.51. The van der Waals surface area contributed by atoms with Crippen LogP contribution in [0.1, 0.15) is 0 Å². The molecule has 0 saturated carbocycles. The first-order valence-electron chi connectivity index (χ1n) is 0. The van der Waals surface area contributed by atoms with E-state index in [4.69, 9.17) is 0 Å². The third-order valence-corrected chi connectivity index (χ3v) is 0. The second kappa shape index (κ2) is 30.4. The maximum atomic E-state index is 0. The zero-order valence-corrected chi connectivity index (χ0v) is 14.9. The second-order valence-corrected chi connectivity index (χ2v) is 0. The Kier molecular flexibility index (Phi) is 203. The number of rotatable bonds is 0. The zero-order valence-electron chi connectivity index (χ0n) is 3.76. The molecule has 0 aromatic carbocycles. The third kappa shape index (κ3) is 22.5. The van der Waals surface area contributed by atoms with Gasteiger partial charge in [0.05, 0.1) is 0 Å². The first-order chi connectivity index (χ1) is 0. The van der Waals surface area contributed by atoms with E-state index in [0.29, 0.717) is 0 Å². The summed E-state index contributed by atoms with van der Waals surface area (Å²) in [6.07, 6.45) is 0. The summed E-state index contributed by atoms with van der Waals surface area (Å²) in [7, 11) is 0. The molecule has 0 aromatic rings. The zero-order chi connectivity index (χ0) is 0. The van der Waals surface area contributed by atoms with Crippen LogP contribution in [0.15, 0.2) is 0 Å². The molecule has 11 radical (unpaired) electrons. The van der Waals surface area contributed by atoms with Gasteiger partial charge in [0.1, 0.15) is 0 Å². The molecule has 0 spiro atoms. The molecule has 0 N–H and O–H groups in total. The van der Waals surface area contributed by atoms with Crippen molar-refractivity contribution in [1.82, 2.24) is 0 Å². The molecule has 0 bridgehead atoms. The monoisotopic (exact) mass is 243 g/mol. The van der Waals surface area contributed by atoms with Crippen LogP contribution in [0.3, 0.4) is 0 Å². The fourth-order valence-electron chi connectivity index (χ4n) is 0. The molecular weight excluding hydrogens is 243 g/mol. The predicted octanol–water partition coefficient (Wildman–Crippen LogP) is -1.91. The smallest absolute Gasteiger partial charge is 0 e. The van der Waals surface area contributed by atoms with Gasteiger partial charge in [-0.15, -0.1) is 0 Å². The van der Waals surface area contributed by atoms with Crippen LogP contribution in [-0.4, -0.2) is 168 Å². The summed E-state index contributed by atoms with van der Waals surface area (Å²) in [5.41, 5.74) is 0. The Hall–Kier alpha value is 6.09. The fourth-order valence-corrected chi connectivity index (χ4v) is 0. The maximum Gasteiger partial charge on any atom is 0 e. The molecule has 6 heavy (non-hydrogen) atoms. The van der Waals surface area contributed by atoms with Crippen molar-refractivity contribution in [3.63, 3.8) is 0 Å². The molecule has 0 fully saturated rings. The van der Waals surface area contributed by atoms with E-state index in [1.165, 1.54) is 0 Å². The minimum Gasteiger partial charge on any atom is 0 e. The van der Waals surface area contributed by atoms with E-state index in [1.807, 2.05) is 0 Å². The van der Waals surface area contributed by atoms with Crippen LogP contribution in [0.4, 0.5) is 0 Å². The molecule has 0 aromatic heterocycles. The molecule has 0 saturated heterocycles. The van der Waals surface area contributed by atoms with Gasteiger partial charge in [0, 0.05) is 185 Å². The largest absolute Gasteiger partial charge is 0 e. The first kappa shape index (κ1) is 40.1. The van der Waals surface area contributed by atoms with Gasteiger partial charge >= 0.3 is 0 Å². The first-order valence-corrected chi connectivity index (χ1v) is 0. The van der Waals surface area contributed by atoms with Crippen LogP contribution < -0.4 is 0 Å². The maximum absolute atomic E-state index is 0. The molecule has 0 heterocycles. The summed E-state index contributed by atoms with van der Waals surface area (Å²) in [6, 6.07) is 0. The Morgan fingerprint density at radius 3 is 0.500 bits per heavy atom. The van der Waals surface area contributed by atoms with Crippen molar-refractivity contribution in [2.75, 3.05) is 0 Å². The van der Waals surface area contributed by atoms with E-state index >= 15 is 0 Å². The van der Waals surface area contributed by atoms with Crippen molar-refractivity contribution < 1.29 is 17.1 Å². The van der Waals surface area contributed by atoms with Gasteiger partial charge in [-0.2, -0.15) is 0 Å². The summed E-state index contributed by atoms with van der Waals surface area (Å²) in [4.78, 5) is 0. The van der Waals surface area contributed by atoms with Gasteiger partial charge in [0.25, 0.3) is 0 Å². The molecule has 19 valence electrons. The van der Waals surface area contributed by atoms with Crippen molar-refractivity contribution in [3.05, 3.63) is 0 Å². The fraction of sp³-hybridized carbons (Fsp3) is 0. The predicted molar refractivity (Wildman–Crippen MR) is 28.8 cm³/mol. The SMILES string of the molecule is [Al].[Ca].[Ca].[Ca].[Ca].[Fe]. The van der Waals surface area contributed by atoms with Crippen LogP contribution in [0.5, 0.6) is 0 Å². The standard InChI is InChI=1S/Al.4Ca.Fe. The van der Waals surface area contributed by atoms with Crippen molar-refractivity contribution in [2.24, 2.45) is 0 Å². The molecule has 0 aliphatic rings. The average molecular weight is 243 g/mol. The molecular formula is AlCa4Fe. The molecule has 6 heteroatoms. The van der Waals surface area contributed by atoms with Gasteiger partial charge < -0.3 is 0 Å². The molecule has 0 nitrogen and oxygen atoms in total. The average Bonchev–Trinajstić information content (AvgIpc) is 0. The Morgan fingerprint density at radius 1 is 0.500 bits per heavy atom. The minimum atomic E-state index is 0. The van der Waals surface area contributed by atoms with Crippen molar-refractivity contribution >= 4 is 168 Å².